The molecule has 2 heterocycles. The molecule has 1 atom stereocenters. The number of carbonyl (C=O) groups is 1. The molecule has 0 bridgehead atoms. The molecule has 4 nitrogen and oxygen atoms in total. The Labute approximate surface area is 233 Å². The zero-order chi connectivity index (χ0) is 27.5. The van der Waals surface area contributed by atoms with Gasteiger partial charge < -0.3 is 5.32 Å². The molecule has 4 rings (SSSR count). The van der Waals surface area contributed by atoms with Crippen molar-refractivity contribution < 1.29 is 4.79 Å². The summed E-state index contributed by atoms with van der Waals surface area (Å²) in [4.78, 5) is 21.8. The fourth-order valence-electron chi connectivity index (χ4n) is 5.13. The SMILES string of the molecule is CCCC(CCCC(=O)Cc1ccc2ccccc2c1)C1=C/C(C)=C(\C)C=NC/C(NCc2cccnc2)=C\1. The van der Waals surface area contributed by atoms with Crippen LogP contribution in [-0.4, -0.2) is 23.5 Å². The first-order valence-corrected chi connectivity index (χ1v) is 14.2. The number of aromatic nitrogens is 1. The van der Waals surface area contributed by atoms with E-state index in [0.717, 1.165) is 49.1 Å². The van der Waals surface area contributed by atoms with Gasteiger partial charge in [-0.25, -0.2) is 0 Å². The van der Waals surface area contributed by atoms with Crippen LogP contribution in [0.5, 0.6) is 0 Å². The molecule has 0 saturated heterocycles. The molecule has 4 heteroatoms. The molecule has 0 fully saturated rings. The average molecular weight is 520 g/mol. The molecular formula is C35H41N3O. The second kappa shape index (κ2) is 14.4. The number of aliphatic imine (C=N–C) groups is 1. The van der Waals surface area contributed by atoms with E-state index in [1.807, 2.05) is 30.6 Å². The lowest BCUT2D eigenvalue weighted by atomic mass is 9.86. The van der Waals surface area contributed by atoms with Gasteiger partial charge in [0.05, 0.1) is 6.54 Å². The number of carbonyl (C=O) groups excluding carboxylic acids is 1. The van der Waals surface area contributed by atoms with E-state index in [-0.39, 0.29) is 0 Å². The summed E-state index contributed by atoms with van der Waals surface area (Å²) >= 11 is 0. The van der Waals surface area contributed by atoms with Gasteiger partial charge in [-0.05, 0) is 89.8 Å². The summed E-state index contributed by atoms with van der Waals surface area (Å²) in [5, 5.41) is 6.01. The number of pyridine rings is 1. The van der Waals surface area contributed by atoms with Gasteiger partial charge in [0.2, 0.25) is 0 Å². The fraction of sp³-hybridized carbons (Fsp3) is 0.343. The number of fused-ring (bicyclic) bond motifs is 1. The topological polar surface area (TPSA) is 54.4 Å². The first-order chi connectivity index (χ1) is 19.0. The maximum Gasteiger partial charge on any atom is 0.137 e. The second-order valence-electron chi connectivity index (χ2n) is 10.6. The molecule has 2 aromatic carbocycles. The summed E-state index contributed by atoms with van der Waals surface area (Å²) in [6, 6.07) is 18.7. The van der Waals surface area contributed by atoms with E-state index in [1.165, 1.54) is 27.5 Å². The zero-order valence-electron chi connectivity index (χ0n) is 23.6. The zero-order valence-corrected chi connectivity index (χ0v) is 23.6. The fourth-order valence-corrected chi connectivity index (χ4v) is 5.13. The quantitative estimate of drug-likeness (QED) is 0.264. The molecule has 0 spiro atoms. The third-order valence-corrected chi connectivity index (χ3v) is 7.47. The lowest BCUT2D eigenvalue weighted by Crippen LogP contribution is -2.16. The van der Waals surface area contributed by atoms with Gasteiger partial charge in [-0.2, -0.15) is 0 Å². The van der Waals surface area contributed by atoms with Crippen molar-refractivity contribution in [3.8, 4) is 0 Å². The number of benzene rings is 2. The van der Waals surface area contributed by atoms with Crippen molar-refractivity contribution >= 4 is 22.8 Å². The number of rotatable bonds is 12. The molecule has 0 amide bonds. The van der Waals surface area contributed by atoms with Gasteiger partial charge in [-0.15, -0.1) is 0 Å². The minimum atomic E-state index is 0.318. The molecular weight excluding hydrogens is 478 g/mol. The molecule has 1 N–H and O–H groups in total. The Bertz CT molecular complexity index is 1380. The van der Waals surface area contributed by atoms with Crippen molar-refractivity contribution in [3.63, 3.8) is 0 Å². The number of hydrogen-bond donors (Lipinski definition) is 1. The van der Waals surface area contributed by atoms with Crippen molar-refractivity contribution in [2.45, 2.75) is 65.8 Å². The molecule has 0 aliphatic carbocycles. The number of hydrogen-bond acceptors (Lipinski definition) is 4. The van der Waals surface area contributed by atoms with Crippen LogP contribution in [0.4, 0.5) is 0 Å². The van der Waals surface area contributed by atoms with Gasteiger partial charge in [-0.3, -0.25) is 14.8 Å². The van der Waals surface area contributed by atoms with Crippen LogP contribution in [0.15, 0.2) is 107 Å². The van der Waals surface area contributed by atoms with Gasteiger partial charge >= 0.3 is 0 Å². The van der Waals surface area contributed by atoms with Crippen molar-refractivity contribution in [3.05, 3.63) is 113 Å². The van der Waals surface area contributed by atoms with E-state index in [1.54, 1.807) is 6.20 Å². The Morgan fingerprint density at radius 1 is 0.949 bits per heavy atom. The van der Waals surface area contributed by atoms with E-state index >= 15 is 0 Å². The minimum absolute atomic E-state index is 0.318. The highest BCUT2D eigenvalue weighted by atomic mass is 16.1. The predicted octanol–water partition coefficient (Wildman–Crippen LogP) is 7.95. The van der Waals surface area contributed by atoms with Crippen LogP contribution in [0.3, 0.4) is 0 Å². The summed E-state index contributed by atoms with van der Waals surface area (Å²) in [7, 11) is 0. The molecule has 1 aromatic heterocycles. The molecule has 0 radical (unpaired) electrons. The number of Topliss-reactive ketones (excluding diaryl/α,β-unsaturated/α-hetero) is 1. The highest BCUT2D eigenvalue weighted by molar-refractivity contribution is 5.86. The van der Waals surface area contributed by atoms with Crippen LogP contribution in [0.2, 0.25) is 0 Å². The van der Waals surface area contributed by atoms with Crippen molar-refractivity contribution in [1.29, 1.82) is 0 Å². The van der Waals surface area contributed by atoms with Crippen molar-refractivity contribution in [1.82, 2.24) is 10.3 Å². The van der Waals surface area contributed by atoms with Crippen molar-refractivity contribution in [2.24, 2.45) is 10.9 Å². The summed E-state index contributed by atoms with van der Waals surface area (Å²) in [6.07, 6.45) is 15.5. The number of nitrogens with zero attached hydrogens (tertiary/aromatic N) is 2. The standard InChI is InChI=1S/C35H41N3O/c1-4-9-30(13-7-14-35(39)20-28-15-16-31-11-5-6-12-32(31)19-28)33-18-26(2)27(3)22-37-25-34(21-33)38-24-29-10-8-17-36-23-29/h5-6,8,10-12,15-19,21-23,30,38H,4,7,9,13-14,20,24-25H2,1-3H3/b27-26+,33-18+,34-21+,37-22?. The van der Waals surface area contributed by atoms with E-state index in [9.17, 15) is 4.79 Å². The third kappa shape index (κ3) is 8.61. The molecule has 1 unspecified atom stereocenters. The predicted molar refractivity (Wildman–Crippen MR) is 164 cm³/mol. The van der Waals surface area contributed by atoms with Crippen LogP contribution < -0.4 is 5.32 Å². The second-order valence-corrected chi connectivity index (χ2v) is 10.6. The van der Waals surface area contributed by atoms with Crippen molar-refractivity contribution in [2.75, 3.05) is 6.54 Å². The maximum atomic E-state index is 12.9. The van der Waals surface area contributed by atoms with Crippen LogP contribution in [0.25, 0.3) is 10.8 Å². The van der Waals surface area contributed by atoms with Crippen LogP contribution >= 0.6 is 0 Å². The molecule has 0 saturated carbocycles. The molecule has 202 valence electrons. The lowest BCUT2D eigenvalue weighted by molar-refractivity contribution is -0.118. The molecule has 39 heavy (non-hydrogen) atoms. The third-order valence-electron chi connectivity index (χ3n) is 7.47. The minimum Gasteiger partial charge on any atom is -0.383 e. The number of nitrogens with one attached hydrogen (secondary N) is 1. The van der Waals surface area contributed by atoms with Crippen LogP contribution in [0, 0.1) is 5.92 Å². The highest BCUT2D eigenvalue weighted by Gasteiger charge is 2.16. The van der Waals surface area contributed by atoms with Gasteiger partial charge in [0, 0.05) is 43.7 Å². The number of ketones is 1. The summed E-state index contributed by atoms with van der Waals surface area (Å²) in [6.45, 7) is 7.87. The highest BCUT2D eigenvalue weighted by Crippen LogP contribution is 2.28. The molecule has 1 aliphatic rings. The summed E-state index contributed by atoms with van der Waals surface area (Å²) < 4.78 is 0. The van der Waals surface area contributed by atoms with Gasteiger partial charge in [0.15, 0.2) is 0 Å². The van der Waals surface area contributed by atoms with E-state index in [2.05, 4.69) is 79.6 Å². The lowest BCUT2D eigenvalue weighted by Gasteiger charge is -2.20. The normalized spacial score (nSPS) is 19.3. The molecule has 3 aromatic rings. The average Bonchev–Trinajstić information content (AvgIpc) is 3.01. The van der Waals surface area contributed by atoms with E-state index in [4.69, 9.17) is 4.99 Å². The monoisotopic (exact) mass is 519 g/mol. The Kier molecular flexibility index (Phi) is 10.4. The smallest absolute Gasteiger partial charge is 0.137 e. The summed E-state index contributed by atoms with van der Waals surface area (Å²) in [5.74, 6) is 0.721. The first-order valence-electron chi connectivity index (χ1n) is 14.2. The Balaban J connectivity index is 1.43. The Morgan fingerprint density at radius 3 is 2.59 bits per heavy atom. The van der Waals surface area contributed by atoms with Crippen LogP contribution in [0.1, 0.15) is 64.0 Å². The van der Waals surface area contributed by atoms with Gasteiger partial charge in [0.25, 0.3) is 0 Å². The van der Waals surface area contributed by atoms with E-state index < -0.39 is 0 Å². The molecule has 1 aliphatic heterocycles. The Morgan fingerprint density at radius 2 is 1.79 bits per heavy atom. The largest absolute Gasteiger partial charge is 0.383 e. The Hall–Kier alpha value is -3.79. The van der Waals surface area contributed by atoms with Crippen LogP contribution in [-0.2, 0) is 17.8 Å². The maximum absolute atomic E-state index is 12.9. The van der Waals surface area contributed by atoms with Gasteiger partial charge in [0.1, 0.15) is 5.78 Å². The number of allylic oxidation sites excluding steroid dienone is 5. The first kappa shape index (κ1) is 28.2. The van der Waals surface area contributed by atoms with E-state index in [0.29, 0.717) is 31.1 Å². The summed E-state index contributed by atoms with van der Waals surface area (Å²) in [5.41, 5.74) is 7.12. The van der Waals surface area contributed by atoms with Gasteiger partial charge in [-0.1, -0.05) is 68.0 Å².